The Bertz CT molecular complexity index is 654. The Morgan fingerprint density at radius 2 is 1.96 bits per heavy atom. The summed E-state index contributed by atoms with van der Waals surface area (Å²) in [5, 5.41) is 3.48. The molecule has 0 aliphatic carbocycles. The average molecular weight is 374 g/mol. The fourth-order valence-corrected chi connectivity index (χ4v) is 3.39. The van der Waals surface area contributed by atoms with Crippen molar-refractivity contribution in [2.75, 3.05) is 13.7 Å². The number of hydrogen-bond acceptors (Lipinski definition) is 5. The largest absolute Gasteiger partial charge is 0.467 e. The highest BCUT2D eigenvalue weighted by Crippen LogP contribution is 2.31. The molecule has 27 heavy (non-hydrogen) atoms. The third-order valence-corrected chi connectivity index (χ3v) is 4.57. The molecule has 1 aromatic carbocycles. The van der Waals surface area contributed by atoms with Gasteiger partial charge in [0, 0.05) is 25.0 Å². The van der Waals surface area contributed by atoms with E-state index in [1.807, 2.05) is 30.3 Å². The lowest BCUT2D eigenvalue weighted by Gasteiger charge is -2.28. The van der Waals surface area contributed by atoms with E-state index in [9.17, 15) is 9.59 Å². The van der Waals surface area contributed by atoms with Gasteiger partial charge in [-0.2, -0.15) is 0 Å². The van der Waals surface area contributed by atoms with Gasteiger partial charge in [0.2, 0.25) is 0 Å². The molecule has 0 radical (unpaired) electrons. The molecule has 1 aliphatic rings. The minimum absolute atomic E-state index is 0.0696. The summed E-state index contributed by atoms with van der Waals surface area (Å²) in [7, 11) is 1.34. The summed E-state index contributed by atoms with van der Waals surface area (Å²) in [6, 6.07) is 9.24. The number of hydrogen-bond donors (Lipinski definition) is 1. The molecule has 1 N–H and O–H groups in total. The second kappa shape index (κ2) is 9.04. The van der Waals surface area contributed by atoms with Gasteiger partial charge < -0.3 is 14.8 Å². The minimum Gasteiger partial charge on any atom is -0.467 e. The zero-order valence-electron chi connectivity index (χ0n) is 16.6. The van der Waals surface area contributed by atoms with Gasteiger partial charge in [0.25, 0.3) is 0 Å². The number of allylic oxidation sites excluding steroid dienone is 1. The molecular formula is C21H30N2O4. The maximum atomic E-state index is 12.7. The van der Waals surface area contributed by atoms with Gasteiger partial charge in [0.05, 0.1) is 7.11 Å². The number of benzene rings is 1. The highest BCUT2D eigenvalue weighted by Gasteiger charge is 2.48. The monoisotopic (exact) mass is 374 g/mol. The van der Waals surface area contributed by atoms with Crippen LogP contribution in [0.1, 0.15) is 32.8 Å². The van der Waals surface area contributed by atoms with E-state index in [0.717, 1.165) is 5.56 Å². The maximum Gasteiger partial charge on any atom is 0.411 e. The van der Waals surface area contributed by atoms with Gasteiger partial charge >= 0.3 is 12.1 Å². The van der Waals surface area contributed by atoms with Crippen molar-refractivity contribution in [1.29, 1.82) is 0 Å². The number of amides is 1. The topological polar surface area (TPSA) is 67.9 Å². The summed E-state index contributed by atoms with van der Waals surface area (Å²) >= 11 is 0. The normalized spacial score (nSPS) is 22.4. The van der Waals surface area contributed by atoms with Crippen LogP contribution in [0.4, 0.5) is 4.79 Å². The lowest BCUT2D eigenvalue weighted by atomic mass is 9.92. The highest BCUT2D eigenvalue weighted by molar-refractivity contribution is 5.83. The van der Waals surface area contributed by atoms with E-state index in [0.29, 0.717) is 19.5 Å². The molecular weight excluding hydrogens is 344 g/mol. The van der Waals surface area contributed by atoms with Crippen LogP contribution in [0.25, 0.3) is 0 Å². The second-order valence-corrected chi connectivity index (χ2v) is 7.76. The first-order chi connectivity index (χ1) is 12.8. The molecule has 0 aromatic heterocycles. The van der Waals surface area contributed by atoms with Crippen molar-refractivity contribution in [2.45, 2.75) is 51.4 Å². The van der Waals surface area contributed by atoms with E-state index in [-0.39, 0.29) is 12.0 Å². The van der Waals surface area contributed by atoms with Crippen LogP contribution < -0.4 is 5.32 Å². The first kappa shape index (κ1) is 21.0. The Labute approximate surface area is 161 Å². The molecule has 1 aliphatic heterocycles. The molecule has 0 unspecified atom stereocenters. The van der Waals surface area contributed by atoms with E-state index in [1.165, 1.54) is 12.0 Å². The van der Waals surface area contributed by atoms with E-state index in [2.05, 4.69) is 11.9 Å². The number of esters is 1. The van der Waals surface area contributed by atoms with E-state index < -0.39 is 23.7 Å². The molecule has 1 fully saturated rings. The third-order valence-electron chi connectivity index (χ3n) is 4.57. The maximum absolute atomic E-state index is 12.7. The minimum atomic E-state index is -0.698. The average Bonchev–Trinajstić information content (AvgIpc) is 2.98. The van der Waals surface area contributed by atoms with Crippen LogP contribution in [0.5, 0.6) is 0 Å². The summed E-state index contributed by atoms with van der Waals surface area (Å²) in [5.74, 6) is -0.567. The van der Waals surface area contributed by atoms with Gasteiger partial charge in [0.1, 0.15) is 11.6 Å². The predicted octanol–water partition coefficient (Wildman–Crippen LogP) is 3.13. The molecule has 0 saturated carbocycles. The first-order valence-corrected chi connectivity index (χ1v) is 9.22. The van der Waals surface area contributed by atoms with Crippen molar-refractivity contribution in [3.63, 3.8) is 0 Å². The first-order valence-electron chi connectivity index (χ1n) is 9.22. The Kier molecular flexibility index (Phi) is 7.02. The summed E-state index contributed by atoms with van der Waals surface area (Å²) in [6.07, 6.45) is 1.86. The quantitative estimate of drug-likeness (QED) is 0.612. The molecule has 0 spiro atoms. The van der Waals surface area contributed by atoms with Gasteiger partial charge in [-0.05, 0) is 32.8 Å². The van der Waals surface area contributed by atoms with Gasteiger partial charge in [0.15, 0.2) is 0 Å². The Morgan fingerprint density at radius 1 is 1.30 bits per heavy atom. The molecule has 2 rings (SSSR count). The van der Waals surface area contributed by atoms with E-state index >= 15 is 0 Å². The number of carbonyl (C=O) groups excluding carboxylic acids is 2. The molecule has 1 saturated heterocycles. The highest BCUT2D eigenvalue weighted by atomic mass is 16.6. The van der Waals surface area contributed by atoms with Crippen LogP contribution in [0, 0.1) is 5.92 Å². The smallest absolute Gasteiger partial charge is 0.411 e. The summed E-state index contributed by atoms with van der Waals surface area (Å²) < 4.78 is 10.5. The molecule has 1 aromatic rings. The van der Waals surface area contributed by atoms with Crippen LogP contribution >= 0.6 is 0 Å². The van der Waals surface area contributed by atoms with Crippen LogP contribution in [0.15, 0.2) is 43.0 Å². The summed E-state index contributed by atoms with van der Waals surface area (Å²) in [4.78, 5) is 26.6. The van der Waals surface area contributed by atoms with Crippen molar-refractivity contribution >= 4 is 12.1 Å². The Hall–Kier alpha value is -2.34. The second-order valence-electron chi connectivity index (χ2n) is 7.76. The van der Waals surface area contributed by atoms with Crippen LogP contribution in [0.3, 0.4) is 0 Å². The number of likely N-dealkylation sites (tertiary alicyclic amines) is 1. The van der Waals surface area contributed by atoms with Gasteiger partial charge in [-0.15, -0.1) is 6.58 Å². The van der Waals surface area contributed by atoms with E-state index in [1.54, 1.807) is 26.8 Å². The van der Waals surface area contributed by atoms with Gasteiger partial charge in [-0.25, -0.2) is 9.59 Å². The van der Waals surface area contributed by atoms with Gasteiger partial charge in [-0.1, -0.05) is 36.4 Å². The molecule has 3 atom stereocenters. The van der Waals surface area contributed by atoms with Crippen molar-refractivity contribution in [3.05, 3.63) is 48.6 Å². The van der Waals surface area contributed by atoms with Crippen molar-refractivity contribution in [2.24, 2.45) is 5.92 Å². The molecule has 0 bridgehead atoms. The van der Waals surface area contributed by atoms with Crippen LogP contribution in [-0.2, 0) is 20.8 Å². The third kappa shape index (κ3) is 5.57. The molecule has 1 amide bonds. The summed E-state index contributed by atoms with van der Waals surface area (Å²) in [5.41, 5.74) is 0.501. The van der Waals surface area contributed by atoms with Crippen molar-refractivity contribution in [1.82, 2.24) is 10.2 Å². The molecule has 6 heteroatoms. The fourth-order valence-electron chi connectivity index (χ4n) is 3.39. The van der Waals surface area contributed by atoms with E-state index in [4.69, 9.17) is 9.47 Å². The number of nitrogens with zero attached hydrogens (tertiary/aromatic N) is 1. The summed E-state index contributed by atoms with van der Waals surface area (Å²) in [6.45, 7) is 10.3. The predicted molar refractivity (Wildman–Crippen MR) is 104 cm³/mol. The number of methoxy groups -OCH3 is 1. The Balaban J connectivity index is 2.21. The fraction of sp³-hybridized carbons (Fsp3) is 0.524. The number of carbonyl (C=O) groups is 2. The lowest BCUT2D eigenvalue weighted by molar-refractivity contribution is -0.147. The number of ether oxygens (including phenoxy) is 2. The zero-order valence-corrected chi connectivity index (χ0v) is 16.6. The van der Waals surface area contributed by atoms with Crippen molar-refractivity contribution < 1.29 is 19.1 Å². The number of nitrogens with one attached hydrogen (secondary N) is 1. The van der Waals surface area contributed by atoms with Crippen molar-refractivity contribution in [3.8, 4) is 0 Å². The lowest BCUT2D eigenvalue weighted by Crippen LogP contribution is -2.46. The SMILES string of the molecule is C=CC[C@@H]1[C@@H](NCc2ccccc2)CN(C(=O)OC(C)(C)C)[C@@H]1C(=O)OC. The van der Waals surface area contributed by atoms with Gasteiger partial charge in [-0.3, -0.25) is 4.90 Å². The number of rotatable bonds is 6. The molecule has 6 nitrogen and oxygen atoms in total. The van der Waals surface area contributed by atoms with Crippen LogP contribution in [-0.4, -0.2) is 48.3 Å². The standard InChI is InChI=1S/C21H30N2O4/c1-6-10-16-17(22-13-15-11-8-7-9-12-15)14-23(18(16)19(24)26-5)20(25)27-21(2,3)4/h6-9,11-12,16-18,22H,1,10,13-14H2,2-5H3/t16-,17+,18+/m1/s1. The zero-order chi connectivity index (χ0) is 20.0. The van der Waals surface area contributed by atoms with Crippen LogP contribution in [0.2, 0.25) is 0 Å². The molecule has 148 valence electrons. The molecule has 1 heterocycles. The Morgan fingerprint density at radius 3 is 2.52 bits per heavy atom.